The van der Waals surface area contributed by atoms with Gasteiger partial charge < -0.3 is 39.1 Å². The molecule has 3 rings (SSSR count). The molecule has 0 aliphatic rings. The van der Waals surface area contributed by atoms with Crippen molar-refractivity contribution in [1.82, 2.24) is 10.6 Å². The second kappa shape index (κ2) is 19.5. The van der Waals surface area contributed by atoms with Gasteiger partial charge >= 0.3 is 24.1 Å². The molecular weight excluding hydrogens is 596 g/mol. The van der Waals surface area contributed by atoms with Crippen molar-refractivity contribution in [2.75, 3.05) is 26.4 Å². The molecule has 2 unspecified atom stereocenters. The van der Waals surface area contributed by atoms with Gasteiger partial charge in [0.25, 0.3) is 0 Å². The summed E-state index contributed by atoms with van der Waals surface area (Å²) in [5.74, 6) is -0.188. The van der Waals surface area contributed by atoms with Crippen molar-refractivity contribution in [3.8, 4) is 11.5 Å². The van der Waals surface area contributed by atoms with E-state index < -0.39 is 36.3 Å². The predicted octanol–water partition coefficient (Wildman–Crippen LogP) is 4.49. The third kappa shape index (κ3) is 13.7. The highest BCUT2D eigenvalue weighted by Crippen LogP contribution is 2.12. The van der Waals surface area contributed by atoms with Crippen LogP contribution < -0.4 is 20.1 Å². The SMILES string of the molecule is C=CC(=O)OCC(COc1ccccc1)OC(=O)NCc1cccc(CNC(=O)OC(COC(=O)C=C)COc2ccccc2)c1. The molecule has 2 amide bonds. The van der Waals surface area contributed by atoms with Crippen LogP contribution in [0.5, 0.6) is 11.5 Å². The monoisotopic (exact) mass is 632 g/mol. The molecule has 0 saturated carbocycles. The number of hydrogen-bond donors (Lipinski definition) is 2. The highest BCUT2D eigenvalue weighted by Gasteiger charge is 2.19. The first-order valence-electron chi connectivity index (χ1n) is 14.3. The highest BCUT2D eigenvalue weighted by atomic mass is 16.6. The number of ether oxygens (including phenoxy) is 6. The molecule has 12 heteroatoms. The summed E-state index contributed by atoms with van der Waals surface area (Å²) in [7, 11) is 0. The normalized spacial score (nSPS) is 11.5. The molecule has 0 heterocycles. The molecule has 0 aliphatic carbocycles. The number of esters is 2. The van der Waals surface area contributed by atoms with Crippen LogP contribution in [0.15, 0.2) is 110 Å². The average molecular weight is 633 g/mol. The zero-order chi connectivity index (χ0) is 33.0. The Kier molecular flexibility index (Phi) is 14.7. The second-order valence-electron chi connectivity index (χ2n) is 9.50. The molecule has 242 valence electrons. The fourth-order valence-electron chi connectivity index (χ4n) is 3.70. The van der Waals surface area contributed by atoms with Crippen molar-refractivity contribution in [1.29, 1.82) is 0 Å². The molecule has 3 aromatic carbocycles. The maximum atomic E-state index is 12.5. The van der Waals surface area contributed by atoms with Crippen molar-refractivity contribution in [2.24, 2.45) is 0 Å². The smallest absolute Gasteiger partial charge is 0.407 e. The van der Waals surface area contributed by atoms with E-state index in [1.54, 1.807) is 72.8 Å². The van der Waals surface area contributed by atoms with Gasteiger partial charge in [-0.2, -0.15) is 0 Å². The Labute approximate surface area is 266 Å². The summed E-state index contributed by atoms with van der Waals surface area (Å²) in [5.41, 5.74) is 1.45. The molecule has 0 aromatic heterocycles. The molecule has 12 nitrogen and oxygen atoms in total. The number of rotatable bonds is 18. The maximum Gasteiger partial charge on any atom is 0.407 e. The summed E-state index contributed by atoms with van der Waals surface area (Å²) < 4.78 is 32.2. The van der Waals surface area contributed by atoms with Gasteiger partial charge in [-0.3, -0.25) is 0 Å². The molecule has 0 fully saturated rings. The lowest BCUT2D eigenvalue weighted by Gasteiger charge is -2.19. The van der Waals surface area contributed by atoms with Crippen LogP contribution in [0.4, 0.5) is 9.59 Å². The third-order valence-electron chi connectivity index (χ3n) is 5.93. The van der Waals surface area contributed by atoms with E-state index in [1.807, 2.05) is 12.1 Å². The number of para-hydroxylation sites is 2. The molecule has 0 bridgehead atoms. The molecule has 0 radical (unpaired) electrons. The van der Waals surface area contributed by atoms with Crippen LogP contribution in [0.1, 0.15) is 11.1 Å². The lowest BCUT2D eigenvalue weighted by molar-refractivity contribution is -0.142. The van der Waals surface area contributed by atoms with Crippen LogP contribution in [-0.2, 0) is 41.6 Å². The summed E-state index contributed by atoms with van der Waals surface area (Å²) in [6, 6.07) is 25.0. The number of carbonyl (C=O) groups is 4. The highest BCUT2D eigenvalue weighted by molar-refractivity contribution is 5.81. The summed E-state index contributed by atoms with van der Waals surface area (Å²) >= 11 is 0. The zero-order valence-electron chi connectivity index (χ0n) is 25.1. The fraction of sp³-hybridized carbons (Fsp3) is 0.235. The number of hydrogen-bond acceptors (Lipinski definition) is 10. The van der Waals surface area contributed by atoms with Gasteiger partial charge in [-0.25, -0.2) is 19.2 Å². The predicted molar refractivity (Wildman–Crippen MR) is 167 cm³/mol. The van der Waals surface area contributed by atoms with Crippen molar-refractivity contribution in [3.63, 3.8) is 0 Å². The number of nitrogens with one attached hydrogen (secondary N) is 2. The Bertz CT molecular complexity index is 1330. The van der Waals surface area contributed by atoms with E-state index >= 15 is 0 Å². The van der Waals surface area contributed by atoms with Crippen LogP contribution in [0.25, 0.3) is 0 Å². The summed E-state index contributed by atoms with van der Waals surface area (Å²) in [6.07, 6.45) is -1.23. The van der Waals surface area contributed by atoms with Crippen molar-refractivity contribution >= 4 is 24.1 Å². The Hall–Kier alpha value is -5.78. The molecule has 0 saturated heterocycles. The van der Waals surface area contributed by atoms with E-state index in [0.717, 1.165) is 23.3 Å². The van der Waals surface area contributed by atoms with Crippen LogP contribution >= 0.6 is 0 Å². The first kappa shape index (κ1) is 34.7. The molecule has 2 N–H and O–H groups in total. The summed E-state index contributed by atoms with van der Waals surface area (Å²) in [5, 5.41) is 5.30. The molecule has 3 aromatic rings. The summed E-state index contributed by atoms with van der Waals surface area (Å²) in [6.45, 7) is 6.39. The van der Waals surface area contributed by atoms with Crippen molar-refractivity contribution in [3.05, 3.63) is 121 Å². The molecule has 2 atom stereocenters. The standard InChI is InChI=1S/C34H36N2O10/c1-3-31(37)43-23-29(21-41-27-14-7-5-8-15-27)45-33(39)35-19-25-12-11-13-26(18-25)20-36-34(40)46-30(24-44-32(38)4-2)22-42-28-16-9-6-10-17-28/h3-18,29-30H,1-2,19-24H2,(H,35,39)(H,36,40). The molecular formula is C34H36N2O10. The van der Waals surface area contributed by atoms with Crippen molar-refractivity contribution < 1.29 is 47.6 Å². The van der Waals surface area contributed by atoms with Gasteiger partial charge in [-0.05, 0) is 35.4 Å². The molecule has 46 heavy (non-hydrogen) atoms. The van der Waals surface area contributed by atoms with Gasteiger partial charge in [0.2, 0.25) is 0 Å². The van der Waals surface area contributed by atoms with E-state index in [9.17, 15) is 19.2 Å². The van der Waals surface area contributed by atoms with Crippen LogP contribution in [0.3, 0.4) is 0 Å². The van der Waals surface area contributed by atoms with Gasteiger partial charge in [-0.15, -0.1) is 0 Å². The van der Waals surface area contributed by atoms with E-state index in [1.165, 1.54) is 0 Å². The largest absolute Gasteiger partial charge is 0.490 e. The van der Waals surface area contributed by atoms with Gasteiger partial charge in [0.15, 0.2) is 12.2 Å². The van der Waals surface area contributed by atoms with E-state index in [2.05, 4.69) is 23.8 Å². The Morgan fingerprint density at radius 2 is 1.00 bits per heavy atom. The minimum atomic E-state index is -0.882. The van der Waals surface area contributed by atoms with E-state index in [0.29, 0.717) is 11.5 Å². The fourth-order valence-corrected chi connectivity index (χ4v) is 3.70. The first-order valence-corrected chi connectivity index (χ1v) is 14.3. The number of benzene rings is 3. The van der Waals surface area contributed by atoms with Crippen LogP contribution in [-0.4, -0.2) is 62.8 Å². The number of alkyl carbamates (subject to hydrolysis) is 2. The van der Waals surface area contributed by atoms with E-state index in [-0.39, 0.29) is 39.5 Å². The first-order chi connectivity index (χ1) is 22.3. The number of carbonyl (C=O) groups excluding carboxylic acids is 4. The lowest BCUT2D eigenvalue weighted by Crippen LogP contribution is -2.35. The van der Waals surface area contributed by atoms with Gasteiger partial charge in [0.1, 0.15) is 37.9 Å². The van der Waals surface area contributed by atoms with Crippen LogP contribution in [0.2, 0.25) is 0 Å². The molecule has 0 aliphatic heterocycles. The van der Waals surface area contributed by atoms with Gasteiger partial charge in [0, 0.05) is 25.2 Å². The average Bonchev–Trinajstić information content (AvgIpc) is 3.09. The number of amides is 2. The Balaban J connectivity index is 1.48. The van der Waals surface area contributed by atoms with Gasteiger partial charge in [0.05, 0.1) is 0 Å². The maximum absolute atomic E-state index is 12.5. The van der Waals surface area contributed by atoms with Gasteiger partial charge in [-0.1, -0.05) is 73.8 Å². The summed E-state index contributed by atoms with van der Waals surface area (Å²) in [4.78, 5) is 48.1. The van der Waals surface area contributed by atoms with Crippen LogP contribution in [0, 0.1) is 0 Å². The zero-order valence-corrected chi connectivity index (χ0v) is 25.1. The third-order valence-corrected chi connectivity index (χ3v) is 5.93. The minimum Gasteiger partial charge on any atom is -0.490 e. The van der Waals surface area contributed by atoms with Crippen molar-refractivity contribution in [2.45, 2.75) is 25.3 Å². The lowest BCUT2D eigenvalue weighted by atomic mass is 10.1. The quantitative estimate of drug-likeness (QED) is 0.117. The second-order valence-corrected chi connectivity index (χ2v) is 9.50. The minimum absolute atomic E-state index is 0.0466. The van der Waals surface area contributed by atoms with E-state index in [4.69, 9.17) is 28.4 Å². The topological polar surface area (TPSA) is 148 Å². The molecule has 0 spiro atoms. The Morgan fingerprint density at radius 3 is 1.39 bits per heavy atom. The Morgan fingerprint density at radius 1 is 0.587 bits per heavy atom.